The van der Waals surface area contributed by atoms with E-state index in [0.717, 1.165) is 25.2 Å². The zero-order valence-corrected chi connectivity index (χ0v) is 21.5. The summed E-state index contributed by atoms with van der Waals surface area (Å²) in [6.07, 6.45) is 1.04. The Bertz CT molecular complexity index is 1640. The van der Waals surface area contributed by atoms with Crippen LogP contribution >= 0.6 is 0 Å². The van der Waals surface area contributed by atoms with Crippen molar-refractivity contribution in [1.29, 1.82) is 0 Å². The first-order valence-corrected chi connectivity index (χ1v) is 13.0. The summed E-state index contributed by atoms with van der Waals surface area (Å²) in [5, 5.41) is 11.2. The molecule has 0 saturated carbocycles. The highest BCUT2D eigenvalue weighted by Crippen LogP contribution is 2.38. The van der Waals surface area contributed by atoms with Gasteiger partial charge in [-0.05, 0) is 56.5 Å². The molecule has 8 heteroatoms. The molecule has 2 aliphatic heterocycles. The van der Waals surface area contributed by atoms with Crippen LogP contribution in [0.3, 0.4) is 0 Å². The van der Waals surface area contributed by atoms with E-state index in [9.17, 15) is 14.7 Å². The number of benzene rings is 2. The summed E-state index contributed by atoms with van der Waals surface area (Å²) in [6.45, 7) is 6.72. The third-order valence-electron chi connectivity index (χ3n) is 7.56. The average molecular weight is 515 g/mol. The predicted molar refractivity (Wildman–Crippen MR) is 143 cm³/mol. The van der Waals surface area contributed by atoms with Crippen LogP contribution in [0.4, 0.5) is 0 Å². The van der Waals surface area contributed by atoms with Crippen LogP contribution in [0, 0.1) is 12.8 Å². The number of ether oxygens (including phenoxy) is 2. The van der Waals surface area contributed by atoms with Gasteiger partial charge >= 0.3 is 0 Å². The van der Waals surface area contributed by atoms with Crippen LogP contribution in [0.15, 0.2) is 68.6 Å². The van der Waals surface area contributed by atoms with Gasteiger partial charge in [-0.25, -0.2) is 0 Å². The van der Waals surface area contributed by atoms with Crippen molar-refractivity contribution in [1.82, 2.24) is 9.47 Å². The zero-order valence-electron chi connectivity index (χ0n) is 21.5. The van der Waals surface area contributed by atoms with Crippen molar-refractivity contribution in [3.05, 3.63) is 92.2 Å². The molecule has 2 bridgehead atoms. The Balaban J connectivity index is 1.33. The van der Waals surface area contributed by atoms with Crippen LogP contribution in [0.2, 0.25) is 0 Å². The Morgan fingerprint density at radius 3 is 2.63 bits per heavy atom. The molecule has 0 spiro atoms. The van der Waals surface area contributed by atoms with E-state index in [4.69, 9.17) is 13.9 Å². The lowest BCUT2D eigenvalue weighted by molar-refractivity contribution is 0.113. The SMILES string of the molecule is CCOc1ccccc1Oc1c(C)oc2c(CN3C[C@H]4C[C@@H](C3)c3cccc(=O)n3C4)c(O)ccc2c1=O. The molecule has 2 aromatic carbocycles. The summed E-state index contributed by atoms with van der Waals surface area (Å²) >= 11 is 0. The van der Waals surface area contributed by atoms with Gasteiger partial charge in [0.05, 0.1) is 17.6 Å². The number of aromatic nitrogens is 1. The van der Waals surface area contributed by atoms with Crippen LogP contribution < -0.4 is 20.5 Å². The van der Waals surface area contributed by atoms with E-state index in [-0.39, 0.29) is 28.4 Å². The smallest absolute Gasteiger partial charge is 0.250 e. The zero-order chi connectivity index (χ0) is 26.4. The number of hydrogen-bond acceptors (Lipinski definition) is 7. The Morgan fingerprint density at radius 2 is 1.82 bits per heavy atom. The highest BCUT2D eigenvalue weighted by atomic mass is 16.5. The lowest BCUT2D eigenvalue weighted by Crippen LogP contribution is -2.46. The summed E-state index contributed by atoms with van der Waals surface area (Å²) in [6, 6.07) is 15.8. The van der Waals surface area contributed by atoms with Crippen molar-refractivity contribution in [2.45, 2.75) is 39.3 Å². The van der Waals surface area contributed by atoms with Gasteiger partial charge in [0.25, 0.3) is 5.56 Å². The predicted octanol–water partition coefficient (Wildman–Crippen LogP) is 4.78. The second-order valence-electron chi connectivity index (χ2n) is 10.1. The third kappa shape index (κ3) is 4.24. The first-order valence-electron chi connectivity index (χ1n) is 13.0. The normalized spacial score (nSPS) is 18.8. The van der Waals surface area contributed by atoms with Crippen LogP contribution in [0.5, 0.6) is 23.0 Å². The number of aromatic hydroxyl groups is 1. The minimum absolute atomic E-state index is 0.0523. The van der Waals surface area contributed by atoms with Gasteiger partial charge in [0.15, 0.2) is 11.5 Å². The second kappa shape index (κ2) is 9.68. The minimum atomic E-state index is -0.305. The number of nitrogens with zero attached hydrogens (tertiary/aromatic N) is 2. The molecule has 1 N–H and O–H groups in total. The van der Waals surface area contributed by atoms with Crippen molar-refractivity contribution in [2.24, 2.45) is 5.92 Å². The van der Waals surface area contributed by atoms with Gasteiger partial charge in [-0.3, -0.25) is 14.5 Å². The summed E-state index contributed by atoms with van der Waals surface area (Å²) in [4.78, 5) is 28.2. The molecule has 8 nitrogen and oxygen atoms in total. The van der Waals surface area contributed by atoms with Gasteiger partial charge in [0, 0.05) is 43.9 Å². The van der Waals surface area contributed by atoms with Crippen molar-refractivity contribution in [3.8, 4) is 23.0 Å². The molecule has 0 amide bonds. The first-order chi connectivity index (χ1) is 18.4. The maximum absolute atomic E-state index is 13.6. The molecule has 196 valence electrons. The van der Waals surface area contributed by atoms with E-state index in [1.807, 2.05) is 35.8 Å². The van der Waals surface area contributed by atoms with Gasteiger partial charge < -0.3 is 23.6 Å². The fourth-order valence-corrected chi connectivity index (χ4v) is 5.93. The number of fused-ring (bicyclic) bond motifs is 5. The fraction of sp³-hybridized carbons (Fsp3) is 0.333. The van der Waals surface area contributed by atoms with Crippen molar-refractivity contribution < 1.29 is 19.0 Å². The van der Waals surface area contributed by atoms with E-state index in [1.165, 1.54) is 0 Å². The molecule has 2 atom stereocenters. The van der Waals surface area contributed by atoms with E-state index in [2.05, 4.69) is 4.90 Å². The number of pyridine rings is 1. The molecule has 0 radical (unpaired) electrons. The third-order valence-corrected chi connectivity index (χ3v) is 7.56. The number of aryl methyl sites for hydroxylation is 1. The molecule has 4 heterocycles. The van der Waals surface area contributed by atoms with Gasteiger partial charge in [-0.15, -0.1) is 0 Å². The van der Waals surface area contributed by atoms with Crippen molar-refractivity contribution in [3.63, 3.8) is 0 Å². The number of likely N-dealkylation sites (tertiary alicyclic amines) is 1. The van der Waals surface area contributed by atoms with E-state index >= 15 is 0 Å². The molecule has 0 unspecified atom stereocenters. The Labute approximate surface area is 219 Å². The highest BCUT2D eigenvalue weighted by molar-refractivity contribution is 5.83. The van der Waals surface area contributed by atoms with E-state index in [0.29, 0.717) is 59.4 Å². The second-order valence-corrected chi connectivity index (χ2v) is 10.1. The molecule has 1 fully saturated rings. The van der Waals surface area contributed by atoms with E-state index in [1.54, 1.807) is 37.3 Å². The molecule has 6 rings (SSSR count). The Hall–Kier alpha value is -4.04. The topological polar surface area (TPSA) is 94.1 Å². The van der Waals surface area contributed by atoms with Gasteiger partial charge in [0.1, 0.15) is 17.1 Å². The van der Waals surface area contributed by atoms with Crippen LogP contribution in [-0.2, 0) is 13.1 Å². The summed E-state index contributed by atoms with van der Waals surface area (Å²) in [5.41, 5.74) is 1.76. The standard InChI is InChI=1S/C30H30N2O6/c1-3-36-25-8-4-5-9-26(25)38-29-18(2)37-30-21(28(29)35)11-12-24(33)22(30)17-31-14-19-13-20(16-31)23-7-6-10-27(34)32(23)15-19/h4-12,19-20,33H,3,13-17H2,1-2H3/t19-,20+/m1/s1. The Morgan fingerprint density at radius 1 is 1.00 bits per heavy atom. The van der Waals surface area contributed by atoms with Crippen LogP contribution in [-0.4, -0.2) is 34.3 Å². The highest BCUT2D eigenvalue weighted by Gasteiger charge is 2.35. The number of piperidine rings is 1. The molecule has 0 aliphatic carbocycles. The molecule has 2 aromatic heterocycles. The van der Waals surface area contributed by atoms with Crippen LogP contribution in [0.1, 0.15) is 36.3 Å². The molecule has 38 heavy (non-hydrogen) atoms. The molecular weight excluding hydrogens is 484 g/mol. The van der Waals surface area contributed by atoms with Crippen LogP contribution in [0.25, 0.3) is 11.0 Å². The average Bonchev–Trinajstić information content (AvgIpc) is 2.90. The van der Waals surface area contributed by atoms with Gasteiger partial charge in [0.2, 0.25) is 11.2 Å². The number of rotatable bonds is 6. The monoisotopic (exact) mass is 514 g/mol. The molecule has 2 aliphatic rings. The quantitative estimate of drug-likeness (QED) is 0.396. The molecule has 1 saturated heterocycles. The summed E-state index contributed by atoms with van der Waals surface area (Å²) in [5.74, 6) is 2.07. The number of phenols is 1. The summed E-state index contributed by atoms with van der Waals surface area (Å²) < 4.78 is 19.7. The minimum Gasteiger partial charge on any atom is -0.507 e. The lowest BCUT2D eigenvalue weighted by Gasteiger charge is -2.42. The van der Waals surface area contributed by atoms with Gasteiger partial charge in [-0.1, -0.05) is 18.2 Å². The lowest BCUT2D eigenvalue weighted by atomic mass is 9.83. The summed E-state index contributed by atoms with van der Waals surface area (Å²) in [7, 11) is 0. The molecule has 4 aromatic rings. The van der Waals surface area contributed by atoms with Gasteiger partial charge in [-0.2, -0.15) is 0 Å². The fourth-order valence-electron chi connectivity index (χ4n) is 5.93. The maximum Gasteiger partial charge on any atom is 0.250 e. The first kappa shape index (κ1) is 24.3. The number of phenolic OH excluding ortho intramolecular Hbond substituents is 1. The number of para-hydroxylation sites is 2. The van der Waals surface area contributed by atoms with E-state index < -0.39 is 0 Å². The maximum atomic E-state index is 13.6. The number of hydrogen-bond donors (Lipinski definition) is 1. The Kier molecular flexibility index (Phi) is 6.19. The van der Waals surface area contributed by atoms with Crippen molar-refractivity contribution in [2.75, 3.05) is 19.7 Å². The van der Waals surface area contributed by atoms with Crippen molar-refractivity contribution >= 4 is 11.0 Å². The largest absolute Gasteiger partial charge is 0.507 e. The molecular formula is C30H30N2O6.